The standard InChI is InChI=1S/C12H18N2O4S/c1-8(2)10(4)13-19(17,18)12-9(3)6-5-7-11(12)14(15)16/h5-8,10,13H,1-4H3/t10-/m1/s1. The molecule has 0 aliphatic heterocycles. The Morgan fingerprint density at radius 3 is 2.32 bits per heavy atom. The smallest absolute Gasteiger partial charge is 0.258 e. The Hall–Kier alpha value is -1.47. The number of nitrogens with one attached hydrogen (secondary N) is 1. The van der Waals surface area contributed by atoms with Gasteiger partial charge in [0.15, 0.2) is 4.90 Å². The van der Waals surface area contributed by atoms with E-state index in [0.29, 0.717) is 5.56 Å². The van der Waals surface area contributed by atoms with Gasteiger partial charge in [0.2, 0.25) is 10.0 Å². The van der Waals surface area contributed by atoms with E-state index in [4.69, 9.17) is 0 Å². The molecule has 1 rings (SSSR count). The summed E-state index contributed by atoms with van der Waals surface area (Å²) in [4.78, 5) is 10.0. The van der Waals surface area contributed by atoms with Crippen LogP contribution in [0.1, 0.15) is 26.3 Å². The monoisotopic (exact) mass is 286 g/mol. The SMILES string of the molecule is Cc1cccc([N+](=O)[O-])c1S(=O)(=O)N[C@H](C)C(C)C. The van der Waals surface area contributed by atoms with Crippen molar-refractivity contribution < 1.29 is 13.3 Å². The van der Waals surface area contributed by atoms with Crippen LogP contribution in [-0.4, -0.2) is 19.4 Å². The van der Waals surface area contributed by atoms with Crippen LogP contribution in [0.15, 0.2) is 23.1 Å². The molecule has 7 heteroatoms. The van der Waals surface area contributed by atoms with E-state index >= 15 is 0 Å². The number of nitro groups is 1. The summed E-state index contributed by atoms with van der Waals surface area (Å²) in [5, 5.41) is 11.0. The van der Waals surface area contributed by atoms with E-state index in [2.05, 4.69) is 4.72 Å². The van der Waals surface area contributed by atoms with Crippen LogP contribution in [0, 0.1) is 23.0 Å². The van der Waals surface area contributed by atoms with Crippen LogP contribution in [0.25, 0.3) is 0 Å². The molecule has 0 bridgehead atoms. The molecule has 0 amide bonds. The lowest BCUT2D eigenvalue weighted by atomic mass is 10.1. The minimum Gasteiger partial charge on any atom is -0.258 e. The number of sulfonamides is 1. The molecule has 1 aromatic carbocycles. The highest BCUT2D eigenvalue weighted by molar-refractivity contribution is 7.89. The van der Waals surface area contributed by atoms with E-state index in [-0.39, 0.29) is 16.9 Å². The average Bonchev–Trinajstić information content (AvgIpc) is 2.27. The van der Waals surface area contributed by atoms with Crippen LogP contribution in [0.5, 0.6) is 0 Å². The molecule has 0 saturated heterocycles. The summed E-state index contributed by atoms with van der Waals surface area (Å²) >= 11 is 0. The molecule has 0 fully saturated rings. The zero-order valence-corrected chi connectivity index (χ0v) is 12.2. The van der Waals surface area contributed by atoms with Crippen molar-refractivity contribution in [3.63, 3.8) is 0 Å². The van der Waals surface area contributed by atoms with Crippen LogP contribution in [-0.2, 0) is 10.0 Å². The van der Waals surface area contributed by atoms with Gasteiger partial charge in [0, 0.05) is 12.1 Å². The predicted octanol–water partition coefficient (Wildman–Crippen LogP) is 2.23. The molecule has 1 atom stereocenters. The first kappa shape index (κ1) is 15.6. The zero-order chi connectivity index (χ0) is 14.8. The molecular formula is C12H18N2O4S. The molecule has 0 aliphatic rings. The number of nitro benzene ring substituents is 1. The summed E-state index contributed by atoms with van der Waals surface area (Å²) in [6, 6.07) is 3.91. The van der Waals surface area contributed by atoms with Gasteiger partial charge in [-0.15, -0.1) is 0 Å². The normalized spacial score (nSPS) is 13.5. The van der Waals surface area contributed by atoms with Crippen LogP contribution in [0.3, 0.4) is 0 Å². The van der Waals surface area contributed by atoms with E-state index in [1.54, 1.807) is 19.9 Å². The molecule has 0 heterocycles. The van der Waals surface area contributed by atoms with Crippen molar-refractivity contribution in [2.75, 3.05) is 0 Å². The number of benzene rings is 1. The average molecular weight is 286 g/mol. The van der Waals surface area contributed by atoms with E-state index in [9.17, 15) is 18.5 Å². The Bertz CT molecular complexity index is 581. The third kappa shape index (κ3) is 3.51. The first-order valence-corrected chi connectivity index (χ1v) is 7.41. The Labute approximate surface area is 113 Å². The number of aryl methyl sites for hydroxylation is 1. The van der Waals surface area contributed by atoms with Gasteiger partial charge in [-0.3, -0.25) is 10.1 Å². The van der Waals surface area contributed by atoms with Crippen LogP contribution in [0.2, 0.25) is 0 Å². The molecule has 106 valence electrons. The van der Waals surface area contributed by atoms with Crippen LogP contribution >= 0.6 is 0 Å². The molecule has 0 aromatic heterocycles. The van der Waals surface area contributed by atoms with Gasteiger partial charge in [0.1, 0.15) is 0 Å². The van der Waals surface area contributed by atoms with Gasteiger partial charge in [-0.2, -0.15) is 0 Å². The maximum atomic E-state index is 12.3. The molecule has 0 spiro atoms. The van der Waals surface area contributed by atoms with Gasteiger partial charge in [0.05, 0.1) is 4.92 Å². The highest BCUT2D eigenvalue weighted by atomic mass is 32.2. The molecular weight excluding hydrogens is 268 g/mol. The second-order valence-electron chi connectivity index (χ2n) is 4.83. The Balaban J connectivity index is 3.33. The summed E-state index contributed by atoms with van der Waals surface area (Å²) in [6.07, 6.45) is 0. The highest BCUT2D eigenvalue weighted by Crippen LogP contribution is 2.27. The maximum Gasteiger partial charge on any atom is 0.289 e. The van der Waals surface area contributed by atoms with Gasteiger partial charge >= 0.3 is 0 Å². The number of rotatable bonds is 5. The number of nitrogens with zero attached hydrogens (tertiary/aromatic N) is 1. The number of hydrogen-bond acceptors (Lipinski definition) is 4. The largest absolute Gasteiger partial charge is 0.289 e. The third-order valence-electron chi connectivity index (χ3n) is 3.00. The molecule has 0 aliphatic carbocycles. The van der Waals surface area contributed by atoms with Crippen molar-refractivity contribution in [3.8, 4) is 0 Å². The highest BCUT2D eigenvalue weighted by Gasteiger charge is 2.29. The molecule has 0 radical (unpaired) electrons. The van der Waals surface area contributed by atoms with Gasteiger partial charge in [-0.05, 0) is 25.3 Å². The second kappa shape index (κ2) is 5.66. The van der Waals surface area contributed by atoms with Gasteiger partial charge in [-0.1, -0.05) is 26.0 Å². The summed E-state index contributed by atoms with van der Waals surface area (Å²) in [5.41, 5.74) is -0.0406. The van der Waals surface area contributed by atoms with Crippen molar-refractivity contribution in [1.29, 1.82) is 0 Å². The van der Waals surface area contributed by atoms with Crippen molar-refractivity contribution >= 4 is 15.7 Å². The molecule has 0 unspecified atom stereocenters. The van der Waals surface area contributed by atoms with Gasteiger partial charge < -0.3 is 0 Å². The molecule has 1 N–H and O–H groups in total. The Morgan fingerprint density at radius 2 is 1.84 bits per heavy atom. The van der Waals surface area contributed by atoms with Crippen molar-refractivity contribution in [3.05, 3.63) is 33.9 Å². The first-order valence-electron chi connectivity index (χ1n) is 5.93. The van der Waals surface area contributed by atoms with Gasteiger partial charge in [-0.25, -0.2) is 13.1 Å². The molecule has 6 nitrogen and oxygen atoms in total. The third-order valence-corrected chi connectivity index (χ3v) is 4.75. The van der Waals surface area contributed by atoms with E-state index in [1.807, 2.05) is 13.8 Å². The fourth-order valence-corrected chi connectivity index (χ4v) is 3.36. The minimum atomic E-state index is -3.90. The van der Waals surface area contributed by atoms with E-state index < -0.39 is 20.6 Å². The lowest BCUT2D eigenvalue weighted by Gasteiger charge is -2.18. The summed E-state index contributed by atoms with van der Waals surface area (Å²) in [6.45, 7) is 7.02. The quantitative estimate of drug-likeness (QED) is 0.664. The zero-order valence-electron chi connectivity index (χ0n) is 11.4. The summed E-state index contributed by atoms with van der Waals surface area (Å²) in [7, 11) is -3.90. The van der Waals surface area contributed by atoms with E-state index in [1.165, 1.54) is 12.1 Å². The van der Waals surface area contributed by atoms with E-state index in [0.717, 1.165) is 0 Å². The lowest BCUT2D eigenvalue weighted by molar-refractivity contribution is -0.387. The molecule has 19 heavy (non-hydrogen) atoms. The summed E-state index contributed by atoms with van der Waals surface area (Å²) < 4.78 is 27.0. The predicted molar refractivity (Wildman–Crippen MR) is 72.5 cm³/mol. The molecule has 0 saturated carbocycles. The first-order chi connectivity index (χ1) is 8.66. The van der Waals surface area contributed by atoms with Crippen LogP contribution < -0.4 is 4.72 Å². The van der Waals surface area contributed by atoms with Crippen molar-refractivity contribution in [2.24, 2.45) is 5.92 Å². The maximum absolute atomic E-state index is 12.3. The topological polar surface area (TPSA) is 89.3 Å². The van der Waals surface area contributed by atoms with Crippen molar-refractivity contribution in [1.82, 2.24) is 4.72 Å². The fourth-order valence-electron chi connectivity index (χ4n) is 1.57. The number of hydrogen-bond donors (Lipinski definition) is 1. The molecule has 1 aromatic rings. The Morgan fingerprint density at radius 1 is 1.26 bits per heavy atom. The summed E-state index contributed by atoms with van der Waals surface area (Å²) in [5.74, 6) is 0.0952. The van der Waals surface area contributed by atoms with Crippen molar-refractivity contribution in [2.45, 2.75) is 38.6 Å². The second-order valence-corrected chi connectivity index (χ2v) is 6.49. The van der Waals surface area contributed by atoms with Crippen LogP contribution in [0.4, 0.5) is 5.69 Å². The minimum absolute atomic E-state index is 0.0952. The lowest BCUT2D eigenvalue weighted by Crippen LogP contribution is -2.36. The van der Waals surface area contributed by atoms with Gasteiger partial charge in [0.25, 0.3) is 5.69 Å². The Kier molecular flexibility index (Phi) is 4.65. The fraction of sp³-hybridized carbons (Fsp3) is 0.500.